The van der Waals surface area contributed by atoms with Crippen LogP contribution in [0.25, 0.3) is 0 Å². The van der Waals surface area contributed by atoms with Crippen molar-refractivity contribution in [2.45, 2.75) is 13.8 Å². The van der Waals surface area contributed by atoms with Gasteiger partial charge in [0.05, 0.1) is 11.9 Å². The molecule has 1 aromatic heterocycles. The number of hydrogen-bond donors (Lipinski definition) is 2. The smallest absolute Gasteiger partial charge is 0.255 e. The molecule has 2 rings (SSSR count). The Balaban J connectivity index is 2.01. The maximum absolute atomic E-state index is 12.0. The Bertz CT molecular complexity index is 622. The minimum absolute atomic E-state index is 0.0532. The van der Waals surface area contributed by atoms with Gasteiger partial charge >= 0.3 is 0 Å². The van der Waals surface area contributed by atoms with Crippen molar-refractivity contribution in [3.8, 4) is 0 Å². The molecule has 2 amide bonds. The van der Waals surface area contributed by atoms with Crippen LogP contribution >= 0.6 is 0 Å². The first kappa shape index (κ1) is 14.7. The zero-order chi connectivity index (χ0) is 15.2. The van der Waals surface area contributed by atoms with Crippen molar-refractivity contribution in [1.82, 2.24) is 4.98 Å². The predicted octanol–water partition coefficient (Wildman–Crippen LogP) is 2.93. The van der Waals surface area contributed by atoms with Crippen LogP contribution in [0.2, 0.25) is 0 Å². The number of rotatable bonds is 4. The van der Waals surface area contributed by atoms with Crippen LogP contribution in [0.4, 0.5) is 11.4 Å². The predicted molar refractivity (Wildman–Crippen MR) is 82.1 cm³/mol. The number of hydrogen-bond acceptors (Lipinski definition) is 3. The molecule has 2 N–H and O–H groups in total. The molecule has 0 radical (unpaired) electrons. The maximum Gasteiger partial charge on any atom is 0.255 e. The van der Waals surface area contributed by atoms with E-state index in [4.69, 9.17) is 0 Å². The van der Waals surface area contributed by atoms with Gasteiger partial charge < -0.3 is 10.6 Å². The average Bonchev–Trinajstić information content (AvgIpc) is 2.48. The molecule has 0 saturated carbocycles. The van der Waals surface area contributed by atoms with Gasteiger partial charge in [-0.2, -0.15) is 0 Å². The minimum Gasteiger partial charge on any atom is -0.326 e. The van der Waals surface area contributed by atoms with Gasteiger partial charge in [0.2, 0.25) is 5.91 Å². The summed E-state index contributed by atoms with van der Waals surface area (Å²) < 4.78 is 0. The molecule has 0 spiro atoms. The molecule has 0 aliphatic heterocycles. The minimum atomic E-state index is -0.218. The van der Waals surface area contributed by atoms with Gasteiger partial charge in [0, 0.05) is 23.4 Å². The number of amides is 2. The lowest BCUT2D eigenvalue weighted by Gasteiger charge is -2.09. The summed E-state index contributed by atoms with van der Waals surface area (Å²) in [6.07, 6.45) is 3.22. The lowest BCUT2D eigenvalue weighted by atomic mass is 10.1. The van der Waals surface area contributed by atoms with Crippen LogP contribution in [-0.2, 0) is 4.79 Å². The highest BCUT2D eigenvalue weighted by atomic mass is 16.2. The SMILES string of the molecule is CC(C)C(=O)Nc1ccc(C(=O)Nc2cccnc2)cc1. The molecular weight excluding hydrogens is 266 g/mol. The molecule has 0 saturated heterocycles. The molecule has 1 heterocycles. The summed E-state index contributed by atoms with van der Waals surface area (Å²) in [4.78, 5) is 27.5. The van der Waals surface area contributed by atoms with E-state index in [1.54, 1.807) is 48.8 Å². The number of benzene rings is 1. The fraction of sp³-hybridized carbons (Fsp3) is 0.188. The first-order valence-corrected chi connectivity index (χ1v) is 6.68. The molecule has 108 valence electrons. The molecule has 5 nitrogen and oxygen atoms in total. The monoisotopic (exact) mass is 283 g/mol. The third-order valence-electron chi connectivity index (χ3n) is 2.86. The van der Waals surface area contributed by atoms with Crippen LogP contribution in [0.3, 0.4) is 0 Å². The van der Waals surface area contributed by atoms with Crippen molar-refractivity contribution in [3.63, 3.8) is 0 Å². The van der Waals surface area contributed by atoms with Crippen LogP contribution in [0, 0.1) is 5.92 Å². The second-order valence-electron chi connectivity index (χ2n) is 4.92. The molecule has 5 heteroatoms. The largest absolute Gasteiger partial charge is 0.326 e. The summed E-state index contributed by atoms with van der Waals surface area (Å²) in [7, 11) is 0. The Labute approximate surface area is 123 Å². The zero-order valence-corrected chi connectivity index (χ0v) is 12.0. The number of nitrogens with one attached hydrogen (secondary N) is 2. The van der Waals surface area contributed by atoms with Crippen LogP contribution in [0.15, 0.2) is 48.8 Å². The van der Waals surface area contributed by atoms with Crippen molar-refractivity contribution in [2.24, 2.45) is 5.92 Å². The molecule has 0 unspecified atom stereocenters. The number of pyridine rings is 1. The Morgan fingerprint density at radius 2 is 1.71 bits per heavy atom. The van der Waals surface area contributed by atoms with Crippen molar-refractivity contribution < 1.29 is 9.59 Å². The van der Waals surface area contributed by atoms with E-state index in [1.165, 1.54) is 0 Å². The summed E-state index contributed by atoms with van der Waals surface area (Å²) in [6.45, 7) is 3.65. The summed E-state index contributed by atoms with van der Waals surface area (Å²) in [6, 6.07) is 10.3. The molecule has 0 aliphatic rings. The topological polar surface area (TPSA) is 71.1 Å². The lowest BCUT2D eigenvalue weighted by molar-refractivity contribution is -0.118. The Morgan fingerprint density at radius 3 is 2.29 bits per heavy atom. The second kappa shape index (κ2) is 6.65. The highest BCUT2D eigenvalue weighted by molar-refractivity contribution is 6.04. The maximum atomic E-state index is 12.0. The molecule has 0 aliphatic carbocycles. The number of carbonyl (C=O) groups is 2. The summed E-state index contributed by atoms with van der Waals surface area (Å²) >= 11 is 0. The van der Waals surface area contributed by atoms with Crippen LogP contribution in [-0.4, -0.2) is 16.8 Å². The average molecular weight is 283 g/mol. The first-order valence-electron chi connectivity index (χ1n) is 6.68. The highest BCUT2D eigenvalue weighted by Gasteiger charge is 2.09. The van der Waals surface area contributed by atoms with Crippen LogP contribution in [0.5, 0.6) is 0 Å². The van der Waals surface area contributed by atoms with Gasteiger partial charge in [-0.05, 0) is 36.4 Å². The second-order valence-corrected chi connectivity index (χ2v) is 4.92. The molecule has 1 aromatic carbocycles. The van der Waals surface area contributed by atoms with Gasteiger partial charge in [-0.25, -0.2) is 0 Å². The standard InChI is InChI=1S/C16H17N3O2/c1-11(2)15(20)18-13-7-5-12(6-8-13)16(21)19-14-4-3-9-17-10-14/h3-11H,1-2H3,(H,18,20)(H,19,21). The van der Waals surface area contributed by atoms with E-state index in [0.717, 1.165) is 0 Å². The fourth-order valence-electron chi connectivity index (χ4n) is 1.63. The molecular formula is C16H17N3O2. The van der Waals surface area contributed by atoms with E-state index >= 15 is 0 Å². The number of aromatic nitrogens is 1. The van der Waals surface area contributed by atoms with Gasteiger partial charge in [-0.15, -0.1) is 0 Å². The highest BCUT2D eigenvalue weighted by Crippen LogP contribution is 2.13. The third-order valence-corrected chi connectivity index (χ3v) is 2.86. The van der Waals surface area contributed by atoms with Gasteiger partial charge in [0.25, 0.3) is 5.91 Å². The van der Waals surface area contributed by atoms with Crippen molar-refractivity contribution in [3.05, 3.63) is 54.4 Å². The molecule has 0 fully saturated rings. The number of nitrogens with zero attached hydrogens (tertiary/aromatic N) is 1. The molecule has 21 heavy (non-hydrogen) atoms. The Kier molecular flexibility index (Phi) is 4.66. The fourth-order valence-corrected chi connectivity index (χ4v) is 1.63. The van der Waals surface area contributed by atoms with Gasteiger partial charge in [-0.1, -0.05) is 13.8 Å². The molecule has 0 atom stereocenters. The van der Waals surface area contributed by atoms with Gasteiger partial charge in [0.15, 0.2) is 0 Å². The van der Waals surface area contributed by atoms with E-state index in [2.05, 4.69) is 15.6 Å². The van der Waals surface area contributed by atoms with Gasteiger partial charge in [0.1, 0.15) is 0 Å². The Morgan fingerprint density at radius 1 is 1.00 bits per heavy atom. The first-order chi connectivity index (χ1) is 10.1. The van der Waals surface area contributed by atoms with Crippen LogP contribution < -0.4 is 10.6 Å². The quantitative estimate of drug-likeness (QED) is 0.906. The number of anilines is 2. The van der Waals surface area contributed by atoms with Crippen molar-refractivity contribution in [1.29, 1.82) is 0 Å². The van der Waals surface area contributed by atoms with E-state index < -0.39 is 0 Å². The summed E-state index contributed by atoms with van der Waals surface area (Å²) in [5.74, 6) is -0.356. The molecule has 0 bridgehead atoms. The van der Waals surface area contributed by atoms with Gasteiger partial charge in [-0.3, -0.25) is 14.6 Å². The van der Waals surface area contributed by atoms with Crippen molar-refractivity contribution >= 4 is 23.2 Å². The third kappa shape index (κ3) is 4.14. The van der Waals surface area contributed by atoms with E-state index in [-0.39, 0.29) is 17.7 Å². The van der Waals surface area contributed by atoms with Crippen LogP contribution in [0.1, 0.15) is 24.2 Å². The molecule has 2 aromatic rings. The lowest BCUT2D eigenvalue weighted by Crippen LogP contribution is -2.18. The normalized spacial score (nSPS) is 10.2. The Hall–Kier alpha value is -2.69. The zero-order valence-electron chi connectivity index (χ0n) is 12.0. The van der Waals surface area contributed by atoms with E-state index in [1.807, 2.05) is 13.8 Å². The number of carbonyl (C=O) groups excluding carboxylic acids is 2. The van der Waals surface area contributed by atoms with E-state index in [9.17, 15) is 9.59 Å². The summed E-state index contributed by atoms with van der Waals surface area (Å²) in [5.41, 5.74) is 1.83. The van der Waals surface area contributed by atoms with Crippen molar-refractivity contribution in [2.75, 3.05) is 10.6 Å². The summed E-state index contributed by atoms with van der Waals surface area (Å²) in [5, 5.41) is 5.52. The van der Waals surface area contributed by atoms with E-state index in [0.29, 0.717) is 16.9 Å².